The Balaban J connectivity index is 1.52. The van der Waals surface area contributed by atoms with E-state index < -0.39 is 5.82 Å². The lowest BCUT2D eigenvalue weighted by Gasteiger charge is -2.35. The van der Waals surface area contributed by atoms with Gasteiger partial charge in [0.2, 0.25) is 0 Å². The van der Waals surface area contributed by atoms with Gasteiger partial charge in [0.1, 0.15) is 17.2 Å². The molecule has 3 aromatic heterocycles. The van der Waals surface area contributed by atoms with Crippen LogP contribution in [-0.2, 0) is 20.1 Å². The summed E-state index contributed by atoms with van der Waals surface area (Å²) in [4.78, 5) is 32.4. The molecule has 1 atom stereocenters. The summed E-state index contributed by atoms with van der Waals surface area (Å²) in [5.41, 5.74) is 2.94. The van der Waals surface area contributed by atoms with E-state index in [1.807, 2.05) is 31.7 Å². The molecule has 32 heavy (non-hydrogen) atoms. The van der Waals surface area contributed by atoms with Crippen LogP contribution in [0.2, 0.25) is 5.02 Å². The molecule has 5 rings (SSSR count). The van der Waals surface area contributed by atoms with Gasteiger partial charge in [0.05, 0.1) is 22.6 Å². The van der Waals surface area contributed by atoms with Gasteiger partial charge in [0, 0.05) is 44.0 Å². The smallest absolute Gasteiger partial charge is 0.275 e. The molecule has 9 heteroatoms. The van der Waals surface area contributed by atoms with Crippen LogP contribution in [0.5, 0.6) is 0 Å². The van der Waals surface area contributed by atoms with Crippen LogP contribution in [0.1, 0.15) is 28.7 Å². The SMILES string of the molecule is Cc1cn(-c2ccc3n(c2=O)C[C@@H](C)N(Cc2cn(C)c4cc(F)c(Cl)cc24)C3=O)cn1. The van der Waals surface area contributed by atoms with Crippen molar-refractivity contribution in [3.8, 4) is 5.69 Å². The standard InChI is InChI=1S/C23H21ClFN5O2/c1-13-8-28(12-26-13)19-4-5-20-23(32)29(14(2)9-30(20)22(19)31)11-15-10-27(3)21-7-18(25)17(24)6-16(15)21/h4-8,10,12,14H,9,11H2,1-3H3/t14-/m1/s1. The zero-order valence-corrected chi connectivity index (χ0v) is 18.6. The van der Waals surface area contributed by atoms with Crippen molar-refractivity contribution in [3.05, 3.63) is 81.1 Å². The number of amides is 1. The number of rotatable bonds is 3. The third kappa shape index (κ3) is 3.14. The van der Waals surface area contributed by atoms with Gasteiger partial charge >= 0.3 is 0 Å². The maximum atomic E-state index is 13.9. The van der Waals surface area contributed by atoms with Crippen molar-refractivity contribution >= 4 is 28.4 Å². The number of carbonyl (C=O) groups is 1. The van der Waals surface area contributed by atoms with E-state index in [1.165, 1.54) is 10.6 Å². The second-order valence-electron chi connectivity index (χ2n) is 8.27. The lowest BCUT2D eigenvalue weighted by molar-refractivity contribution is 0.0591. The predicted molar refractivity (Wildman–Crippen MR) is 120 cm³/mol. The molecular weight excluding hydrogens is 433 g/mol. The Morgan fingerprint density at radius 2 is 2.00 bits per heavy atom. The molecule has 0 saturated carbocycles. The van der Waals surface area contributed by atoms with E-state index in [0.717, 1.165) is 16.6 Å². The third-order valence-electron chi connectivity index (χ3n) is 6.06. The average Bonchev–Trinajstić information content (AvgIpc) is 3.30. The van der Waals surface area contributed by atoms with Crippen LogP contribution in [0.25, 0.3) is 16.6 Å². The second kappa shape index (κ2) is 7.34. The Labute approximate surface area is 188 Å². The highest BCUT2D eigenvalue weighted by Crippen LogP contribution is 2.29. The van der Waals surface area contributed by atoms with E-state index in [-0.39, 0.29) is 22.5 Å². The molecule has 0 N–H and O–H groups in total. The van der Waals surface area contributed by atoms with E-state index in [9.17, 15) is 14.0 Å². The second-order valence-corrected chi connectivity index (χ2v) is 8.68. The van der Waals surface area contributed by atoms with Gasteiger partial charge in [-0.3, -0.25) is 9.59 Å². The zero-order valence-electron chi connectivity index (χ0n) is 17.8. The van der Waals surface area contributed by atoms with Crippen molar-refractivity contribution in [2.24, 2.45) is 7.05 Å². The van der Waals surface area contributed by atoms with Crippen molar-refractivity contribution < 1.29 is 9.18 Å². The fourth-order valence-corrected chi connectivity index (χ4v) is 4.55. The van der Waals surface area contributed by atoms with Gasteiger partial charge in [-0.05, 0) is 43.7 Å². The molecule has 4 heterocycles. The summed E-state index contributed by atoms with van der Waals surface area (Å²) in [6.45, 7) is 4.47. The lowest BCUT2D eigenvalue weighted by atomic mass is 10.1. The van der Waals surface area contributed by atoms with Crippen LogP contribution in [0, 0.1) is 12.7 Å². The molecule has 1 amide bonds. The number of benzene rings is 1. The summed E-state index contributed by atoms with van der Waals surface area (Å²) in [5, 5.41) is 0.842. The van der Waals surface area contributed by atoms with Gasteiger partial charge in [-0.2, -0.15) is 0 Å². The number of aryl methyl sites for hydroxylation is 2. The Morgan fingerprint density at radius 1 is 1.22 bits per heavy atom. The maximum Gasteiger partial charge on any atom is 0.275 e. The van der Waals surface area contributed by atoms with E-state index in [4.69, 9.17) is 11.6 Å². The molecule has 0 fully saturated rings. The van der Waals surface area contributed by atoms with Gasteiger partial charge in [0.15, 0.2) is 0 Å². The van der Waals surface area contributed by atoms with Gasteiger partial charge in [-0.1, -0.05) is 11.6 Å². The lowest BCUT2D eigenvalue weighted by Crippen LogP contribution is -2.49. The maximum absolute atomic E-state index is 13.9. The van der Waals surface area contributed by atoms with E-state index in [2.05, 4.69) is 4.98 Å². The Kier molecular flexibility index (Phi) is 4.70. The molecule has 164 valence electrons. The van der Waals surface area contributed by atoms with Gasteiger partial charge in [0.25, 0.3) is 11.5 Å². The Hall–Kier alpha value is -3.39. The molecule has 0 radical (unpaired) electrons. The van der Waals surface area contributed by atoms with Crippen molar-refractivity contribution in [2.75, 3.05) is 0 Å². The van der Waals surface area contributed by atoms with Crippen molar-refractivity contribution in [3.63, 3.8) is 0 Å². The van der Waals surface area contributed by atoms with Gasteiger partial charge in [-0.25, -0.2) is 9.37 Å². The minimum absolute atomic E-state index is 0.0436. The summed E-state index contributed by atoms with van der Waals surface area (Å²) < 4.78 is 19.0. The summed E-state index contributed by atoms with van der Waals surface area (Å²) in [5.74, 6) is -0.703. The fourth-order valence-electron chi connectivity index (χ4n) is 4.39. The number of nitrogens with zero attached hydrogens (tertiary/aromatic N) is 5. The molecule has 0 aliphatic carbocycles. The van der Waals surface area contributed by atoms with Crippen LogP contribution < -0.4 is 5.56 Å². The Morgan fingerprint density at radius 3 is 2.72 bits per heavy atom. The third-order valence-corrected chi connectivity index (χ3v) is 6.35. The molecule has 0 spiro atoms. The van der Waals surface area contributed by atoms with Crippen molar-refractivity contribution in [1.82, 2.24) is 23.6 Å². The minimum Gasteiger partial charge on any atom is -0.350 e. The number of hydrogen-bond acceptors (Lipinski definition) is 3. The monoisotopic (exact) mass is 453 g/mol. The van der Waals surface area contributed by atoms with E-state index in [0.29, 0.717) is 30.0 Å². The first-order valence-electron chi connectivity index (χ1n) is 10.2. The average molecular weight is 454 g/mol. The van der Waals surface area contributed by atoms with Gasteiger partial charge in [-0.15, -0.1) is 0 Å². The van der Waals surface area contributed by atoms with Crippen LogP contribution in [0.15, 0.2) is 47.8 Å². The molecule has 1 aliphatic heterocycles. The number of hydrogen-bond donors (Lipinski definition) is 0. The number of imidazole rings is 1. The number of fused-ring (bicyclic) bond motifs is 2. The fraction of sp³-hybridized carbons (Fsp3) is 0.261. The molecule has 1 aromatic carbocycles. The highest BCUT2D eigenvalue weighted by atomic mass is 35.5. The highest BCUT2D eigenvalue weighted by Gasteiger charge is 2.32. The van der Waals surface area contributed by atoms with Crippen LogP contribution in [-0.4, -0.2) is 35.5 Å². The first-order chi connectivity index (χ1) is 15.2. The number of aromatic nitrogens is 4. The van der Waals surface area contributed by atoms with Crippen LogP contribution >= 0.6 is 11.6 Å². The van der Waals surface area contributed by atoms with Crippen molar-refractivity contribution in [1.29, 1.82) is 0 Å². The van der Waals surface area contributed by atoms with Gasteiger partial charge < -0.3 is 18.6 Å². The normalized spacial score (nSPS) is 16.1. The zero-order chi connectivity index (χ0) is 22.7. The van der Waals surface area contributed by atoms with Crippen molar-refractivity contribution in [2.45, 2.75) is 33.0 Å². The summed E-state index contributed by atoms with van der Waals surface area (Å²) in [7, 11) is 1.83. The topological polar surface area (TPSA) is 65.1 Å². The molecular formula is C23H21ClFN5O2. The number of pyridine rings is 1. The molecule has 0 bridgehead atoms. The molecule has 1 aliphatic rings. The van der Waals surface area contributed by atoms with Crippen LogP contribution in [0.3, 0.4) is 0 Å². The molecule has 4 aromatic rings. The highest BCUT2D eigenvalue weighted by molar-refractivity contribution is 6.31. The number of carbonyl (C=O) groups excluding carboxylic acids is 1. The quantitative estimate of drug-likeness (QED) is 0.475. The first kappa shape index (κ1) is 20.5. The summed E-state index contributed by atoms with van der Waals surface area (Å²) >= 11 is 6.01. The summed E-state index contributed by atoms with van der Waals surface area (Å²) in [6, 6.07) is 6.12. The van der Waals surface area contributed by atoms with E-state index in [1.54, 1.807) is 40.2 Å². The van der Waals surface area contributed by atoms with Crippen LogP contribution in [0.4, 0.5) is 4.39 Å². The molecule has 0 saturated heterocycles. The largest absolute Gasteiger partial charge is 0.350 e. The molecule has 7 nitrogen and oxygen atoms in total. The Bertz CT molecular complexity index is 1450. The minimum atomic E-state index is -0.480. The molecule has 0 unspecified atom stereocenters. The van der Waals surface area contributed by atoms with E-state index >= 15 is 0 Å². The first-order valence-corrected chi connectivity index (χ1v) is 10.6. The summed E-state index contributed by atoms with van der Waals surface area (Å²) in [6.07, 6.45) is 5.25. The number of halogens is 2. The predicted octanol–water partition coefficient (Wildman–Crippen LogP) is 3.67.